The average Bonchev–Trinajstić information content (AvgIpc) is 2.47. The standard InChI is InChI=1S/C14H13Cl2NO4S/c15-12-2-1-3-13(14(12)16)21-9-8-20-10-4-6-11(7-5-10)22(17,18)19/h1-7H,8-9H2,(H2,17,18,19). The maximum atomic E-state index is 11.1. The predicted octanol–water partition coefficient (Wildman–Crippen LogP) is 3.10. The van der Waals surface area contributed by atoms with Crippen LogP contribution in [-0.4, -0.2) is 21.6 Å². The third kappa shape index (κ3) is 4.51. The average molecular weight is 362 g/mol. The van der Waals surface area contributed by atoms with E-state index in [9.17, 15) is 8.42 Å². The van der Waals surface area contributed by atoms with E-state index in [1.807, 2.05) is 0 Å². The van der Waals surface area contributed by atoms with E-state index in [0.717, 1.165) is 0 Å². The second kappa shape index (κ2) is 7.19. The number of primary sulfonamides is 1. The van der Waals surface area contributed by atoms with Gasteiger partial charge in [-0.3, -0.25) is 0 Å². The van der Waals surface area contributed by atoms with Crippen molar-refractivity contribution in [2.75, 3.05) is 13.2 Å². The Kier molecular flexibility index (Phi) is 5.52. The normalized spacial score (nSPS) is 11.2. The van der Waals surface area contributed by atoms with Gasteiger partial charge >= 0.3 is 0 Å². The van der Waals surface area contributed by atoms with E-state index < -0.39 is 10.0 Å². The molecule has 0 atom stereocenters. The van der Waals surface area contributed by atoms with Gasteiger partial charge in [-0.2, -0.15) is 0 Å². The zero-order chi connectivity index (χ0) is 16.2. The van der Waals surface area contributed by atoms with Crippen molar-refractivity contribution in [2.24, 2.45) is 5.14 Å². The first-order chi connectivity index (χ1) is 10.4. The summed E-state index contributed by atoms with van der Waals surface area (Å²) in [5, 5.41) is 5.77. The fourth-order valence-corrected chi connectivity index (χ4v) is 2.49. The van der Waals surface area contributed by atoms with Gasteiger partial charge < -0.3 is 9.47 Å². The summed E-state index contributed by atoms with van der Waals surface area (Å²) in [5.74, 6) is 0.982. The molecule has 0 unspecified atom stereocenters. The molecule has 0 heterocycles. The lowest BCUT2D eigenvalue weighted by atomic mass is 10.3. The lowest BCUT2D eigenvalue weighted by molar-refractivity contribution is 0.217. The Morgan fingerprint density at radius 2 is 1.59 bits per heavy atom. The fourth-order valence-electron chi connectivity index (χ4n) is 1.63. The van der Waals surface area contributed by atoms with Gasteiger partial charge in [0.05, 0.1) is 9.92 Å². The monoisotopic (exact) mass is 361 g/mol. The molecule has 0 saturated carbocycles. The highest BCUT2D eigenvalue weighted by atomic mass is 35.5. The fraction of sp³-hybridized carbons (Fsp3) is 0.143. The van der Waals surface area contributed by atoms with Crippen molar-refractivity contribution < 1.29 is 17.9 Å². The van der Waals surface area contributed by atoms with Gasteiger partial charge in [-0.1, -0.05) is 29.3 Å². The number of rotatable bonds is 6. The van der Waals surface area contributed by atoms with Gasteiger partial charge in [0.15, 0.2) is 0 Å². The minimum atomic E-state index is -3.70. The summed E-state index contributed by atoms with van der Waals surface area (Å²) >= 11 is 11.9. The van der Waals surface area contributed by atoms with Crippen molar-refractivity contribution in [3.63, 3.8) is 0 Å². The van der Waals surface area contributed by atoms with Crippen molar-refractivity contribution in [2.45, 2.75) is 4.90 Å². The lowest BCUT2D eigenvalue weighted by Gasteiger charge is -2.10. The number of nitrogens with two attached hydrogens (primary N) is 1. The number of ether oxygens (including phenoxy) is 2. The molecular formula is C14H13Cl2NO4S. The molecule has 2 N–H and O–H groups in total. The molecule has 0 fully saturated rings. The summed E-state index contributed by atoms with van der Waals surface area (Å²) in [6, 6.07) is 10.9. The Morgan fingerprint density at radius 1 is 0.955 bits per heavy atom. The van der Waals surface area contributed by atoms with Gasteiger partial charge in [0.1, 0.15) is 29.7 Å². The van der Waals surface area contributed by atoms with Crippen LogP contribution in [0.25, 0.3) is 0 Å². The SMILES string of the molecule is NS(=O)(=O)c1ccc(OCCOc2cccc(Cl)c2Cl)cc1. The molecular weight excluding hydrogens is 349 g/mol. The smallest absolute Gasteiger partial charge is 0.238 e. The molecule has 0 aliphatic rings. The minimum Gasteiger partial charge on any atom is -0.490 e. The first-order valence-corrected chi connectivity index (χ1v) is 8.50. The second-order valence-electron chi connectivity index (χ2n) is 4.27. The number of benzene rings is 2. The third-order valence-corrected chi connectivity index (χ3v) is 4.41. The Balaban J connectivity index is 1.85. The van der Waals surface area contributed by atoms with Gasteiger partial charge in [-0.25, -0.2) is 13.6 Å². The largest absolute Gasteiger partial charge is 0.490 e. The van der Waals surface area contributed by atoms with Crippen LogP contribution in [-0.2, 0) is 10.0 Å². The van der Waals surface area contributed by atoms with Crippen molar-refractivity contribution in [1.82, 2.24) is 0 Å². The van der Waals surface area contributed by atoms with E-state index in [0.29, 0.717) is 21.5 Å². The highest BCUT2D eigenvalue weighted by Gasteiger charge is 2.07. The molecule has 0 saturated heterocycles. The first-order valence-electron chi connectivity index (χ1n) is 6.20. The zero-order valence-electron chi connectivity index (χ0n) is 11.3. The molecule has 0 aliphatic heterocycles. The molecule has 2 aromatic carbocycles. The molecule has 0 aliphatic carbocycles. The summed E-state index contributed by atoms with van der Waals surface area (Å²) in [4.78, 5) is 0.0295. The maximum Gasteiger partial charge on any atom is 0.238 e. The molecule has 0 radical (unpaired) electrons. The number of hydrogen-bond acceptors (Lipinski definition) is 4. The predicted molar refractivity (Wildman–Crippen MR) is 85.3 cm³/mol. The third-order valence-electron chi connectivity index (χ3n) is 2.68. The Bertz CT molecular complexity index is 748. The number of sulfonamides is 1. The topological polar surface area (TPSA) is 78.6 Å². The summed E-state index contributed by atoms with van der Waals surface area (Å²) in [6.07, 6.45) is 0. The Hall–Kier alpha value is -1.47. The van der Waals surface area contributed by atoms with E-state index in [4.69, 9.17) is 37.8 Å². The molecule has 2 rings (SSSR count). The summed E-state index contributed by atoms with van der Waals surface area (Å²) in [7, 11) is -3.70. The van der Waals surface area contributed by atoms with E-state index in [2.05, 4.69) is 0 Å². The van der Waals surface area contributed by atoms with Crippen molar-refractivity contribution in [3.8, 4) is 11.5 Å². The van der Waals surface area contributed by atoms with Crippen LogP contribution in [0, 0.1) is 0 Å². The molecule has 118 valence electrons. The van der Waals surface area contributed by atoms with Crippen LogP contribution < -0.4 is 14.6 Å². The van der Waals surface area contributed by atoms with Gasteiger partial charge in [0.25, 0.3) is 0 Å². The number of hydrogen-bond donors (Lipinski definition) is 1. The van der Waals surface area contributed by atoms with Gasteiger partial charge in [0.2, 0.25) is 10.0 Å². The van der Waals surface area contributed by atoms with Crippen LogP contribution >= 0.6 is 23.2 Å². The highest BCUT2D eigenvalue weighted by Crippen LogP contribution is 2.31. The summed E-state index contributed by atoms with van der Waals surface area (Å²) < 4.78 is 33.1. The molecule has 22 heavy (non-hydrogen) atoms. The highest BCUT2D eigenvalue weighted by molar-refractivity contribution is 7.89. The molecule has 0 aromatic heterocycles. The first kappa shape index (κ1) is 16.9. The summed E-state index contributed by atoms with van der Waals surface area (Å²) in [6.45, 7) is 0.522. The van der Waals surface area contributed by atoms with Crippen LogP contribution in [0.1, 0.15) is 0 Å². The molecule has 2 aromatic rings. The van der Waals surface area contributed by atoms with Crippen LogP contribution in [0.3, 0.4) is 0 Å². The lowest BCUT2D eigenvalue weighted by Crippen LogP contribution is -2.12. The minimum absolute atomic E-state index is 0.0295. The molecule has 0 spiro atoms. The molecule has 5 nitrogen and oxygen atoms in total. The molecule has 8 heteroatoms. The van der Waals surface area contributed by atoms with E-state index in [-0.39, 0.29) is 18.1 Å². The van der Waals surface area contributed by atoms with Crippen molar-refractivity contribution >= 4 is 33.2 Å². The van der Waals surface area contributed by atoms with Crippen LogP contribution in [0.2, 0.25) is 10.0 Å². The zero-order valence-corrected chi connectivity index (χ0v) is 13.7. The van der Waals surface area contributed by atoms with E-state index in [1.165, 1.54) is 24.3 Å². The van der Waals surface area contributed by atoms with Crippen molar-refractivity contribution in [3.05, 3.63) is 52.5 Å². The number of halogens is 2. The van der Waals surface area contributed by atoms with E-state index >= 15 is 0 Å². The van der Waals surface area contributed by atoms with Crippen molar-refractivity contribution in [1.29, 1.82) is 0 Å². The van der Waals surface area contributed by atoms with Crippen LogP contribution in [0.5, 0.6) is 11.5 Å². The van der Waals surface area contributed by atoms with Crippen LogP contribution in [0.15, 0.2) is 47.4 Å². The van der Waals surface area contributed by atoms with Gasteiger partial charge in [0, 0.05) is 0 Å². The van der Waals surface area contributed by atoms with Gasteiger partial charge in [-0.05, 0) is 36.4 Å². The Labute approximate surface area is 138 Å². The summed E-state index contributed by atoms with van der Waals surface area (Å²) in [5.41, 5.74) is 0. The Morgan fingerprint density at radius 3 is 2.23 bits per heavy atom. The van der Waals surface area contributed by atoms with E-state index in [1.54, 1.807) is 18.2 Å². The maximum absolute atomic E-state index is 11.1. The second-order valence-corrected chi connectivity index (χ2v) is 6.61. The van der Waals surface area contributed by atoms with Gasteiger partial charge in [-0.15, -0.1) is 0 Å². The quantitative estimate of drug-likeness (QED) is 0.801. The molecule has 0 amide bonds. The van der Waals surface area contributed by atoms with Crippen LogP contribution in [0.4, 0.5) is 0 Å². The molecule has 0 bridgehead atoms.